The first kappa shape index (κ1) is 17.5. The Kier molecular flexibility index (Phi) is 4.84. The van der Waals surface area contributed by atoms with Crippen LogP contribution >= 0.6 is 0 Å². The molecule has 0 fully saturated rings. The summed E-state index contributed by atoms with van der Waals surface area (Å²) in [7, 11) is 0. The van der Waals surface area contributed by atoms with Gasteiger partial charge < -0.3 is 13.9 Å². The topological polar surface area (TPSA) is 65.7 Å². The van der Waals surface area contributed by atoms with E-state index in [0.29, 0.717) is 17.9 Å². The molecule has 0 saturated carbocycles. The monoisotopic (exact) mass is 344 g/mol. The van der Waals surface area contributed by atoms with Crippen molar-refractivity contribution in [2.75, 3.05) is 6.61 Å². The molecule has 1 atom stereocenters. The molecule has 25 heavy (non-hydrogen) atoms. The standard InChI is InChI=1S/C20H24O5/c1-11(2)10-23-19(21)13(4)24-17-9-8-15-14-6-5-7-16(14)20(22)25-18(15)12(17)3/h8-9,11,13H,5-7,10H2,1-4H3/t13-/m1/s1. The summed E-state index contributed by atoms with van der Waals surface area (Å²) >= 11 is 0. The van der Waals surface area contributed by atoms with Gasteiger partial charge in [0.15, 0.2) is 6.10 Å². The molecule has 1 aliphatic rings. The fourth-order valence-electron chi connectivity index (χ4n) is 3.20. The highest BCUT2D eigenvalue weighted by Gasteiger charge is 2.23. The fourth-order valence-corrected chi connectivity index (χ4v) is 3.20. The van der Waals surface area contributed by atoms with Gasteiger partial charge in [0.05, 0.1) is 6.61 Å². The molecule has 0 saturated heterocycles. The molecule has 1 heterocycles. The summed E-state index contributed by atoms with van der Waals surface area (Å²) in [6, 6.07) is 3.75. The number of fused-ring (bicyclic) bond motifs is 3. The largest absolute Gasteiger partial charge is 0.479 e. The second-order valence-corrected chi connectivity index (χ2v) is 7.05. The van der Waals surface area contributed by atoms with E-state index in [4.69, 9.17) is 13.9 Å². The van der Waals surface area contributed by atoms with Crippen LogP contribution in [-0.2, 0) is 22.4 Å². The van der Waals surface area contributed by atoms with Crippen molar-refractivity contribution < 1.29 is 18.7 Å². The zero-order chi connectivity index (χ0) is 18.1. The number of hydrogen-bond donors (Lipinski definition) is 0. The van der Waals surface area contributed by atoms with Crippen LogP contribution in [0, 0.1) is 12.8 Å². The van der Waals surface area contributed by atoms with Crippen LogP contribution in [0.4, 0.5) is 0 Å². The van der Waals surface area contributed by atoms with Crippen LogP contribution in [0.5, 0.6) is 5.75 Å². The number of rotatable bonds is 5. The van der Waals surface area contributed by atoms with Crippen molar-refractivity contribution in [1.82, 2.24) is 0 Å². The Morgan fingerprint density at radius 1 is 1.20 bits per heavy atom. The maximum atomic E-state index is 12.2. The van der Waals surface area contributed by atoms with Gasteiger partial charge in [-0.3, -0.25) is 0 Å². The second kappa shape index (κ2) is 6.90. The third kappa shape index (κ3) is 3.41. The van der Waals surface area contributed by atoms with Gasteiger partial charge in [0.2, 0.25) is 0 Å². The minimum absolute atomic E-state index is 0.260. The maximum Gasteiger partial charge on any atom is 0.347 e. The lowest BCUT2D eigenvalue weighted by Gasteiger charge is -2.17. The van der Waals surface area contributed by atoms with E-state index in [9.17, 15) is 9.59 Å². The molecule has 0 amide bonds. The lowest BCUT2D eigenvalue weighted by Crippen LogP contribution is -2.27. The van der Waals surface area contributed by atoms with E-state index in [0.717, 1.165) is 41.3 Å². The molecular weight excluding hydrogens is 320 g/mol. The highest BCUT2D eigenvalue weighted by atomic mass is 16.6. The Morgan fingerprint density at radius 2 is 1.92 bits per heavy atom. The number of hydrogen-bond acceptors (Lipinski definition) is 5. The SMILES string of the molecule is Cc1c(O[C@H](C)C(=O)OCC(C)C)ccc2c3c(c(=O)oc12)CCC3. The van der Waals surface area contributed by atoms with Gasteiger partial charge in [-0.25, -0.2) is 9.59 Å². The van der Waals surface area contributed by atoms with Crippen molar-refractivity contribution in [1.29, 1.82) is 0 Å². The number of carbonyl (C=O) groups is 1. The number of esters is 1. The lowest BCUT2D eigenvalue weighted by molar-refractivity contribution is -0.152. The molecule has 2 aromatic rings. The highest BCUT2D eigenvalue weighted by molar-refractivity contribution is 5.86. The van der Waals surface area contributed by atoms with E-state index in [-0.39, 0.29) is 11.5 Å². The predicted octanol–water partition coefficient (Wildman–Crippen LogP) is 3.56. The zero-order valence-corrected chi connectivity index (χ0v) is 15.2. The van der Waals surface area contributed by atoms with Crippen LogP contribution in [0.15, 0.2) is 21.3 Å². The molecule has 3 rings (SSSR count). The number of benzene rings is 1. The van der Waals surface area contributed by atoms with Gasteiger partial charge in [0, 0.05) is 16.5 Å². The van der Waals surface area contributed by atoms with Gasteiger partial charge in [0.1, 0.15) is 11.3 Å². The number of ether oxygens (including phenoxy) is 2. The summed E-state index contributed by atoms with van der Waals surface area (Å²) in [5, 5.41) is 0.965. The fraction of sp³-hybridized carbons (Fsp3) is 0.500. The van der Waals surface area contributed by atoms with Gasteiger partial charge in [-0.05, 0) is 56.7 Å². The summed E-state index contributed by atoms with van der Waals surface area (Å²) in [4.78, 5) is 24.2. The molecule has 0 bridgehead atoms. The van der Waals surface area contributed by atoms with Crippen LogP contribution in [0.1, 0.15) is 43.9 Å². The van der Waals surface area contributed by atoms with Gasteiger partial charge in [-0.15, -0.1) is 0 Å². The first-order valence-corrected chi connectivity index (χ1v) is 8.80. The lowest BCUT2D eigenvalue weighted by atomic mass is 10.0. The summed E-state index contributed by atoms with van der Waals surface area (Å²) < 4.78 is 16.5. The molecule has 134 valence electrons. The number of aryl methyl sites for hydroxylation is 2. The van der Waals surface area contributed by atoms with Crippen molar-refractivity contribution in [2.24, 2.45) is 5.92 Å². The molecule has 1 aromatic heterocycles. The van der Waals surface area contributed by atoms with Crippen LogP contribution in [0.25, 0.3) is 11.0 Å². The van der Waals surface area contributed by atoms with Gasteiger partial charge >= 0.3 is 11.6 Å². The minimum atomic E-state index is -0.726. The van der Waals surface area contributed by atoms with Gasteiger partial charge in [0.25, 0.3) is 0 Å². The van der Waals surface area contributed by atoms with Crippen LogP contribution < -0.4 is 10.4 Å². The van der Waals surface area contributed by atoms with E-state index in [1.165, 1.54) is 0 Å². The molecule has 0 radical (unpaired) electrons. The normalized spacial score (nSPS) is 14.6. The molecule has 0 spiro atoms. The van der Waals surface area contributed by atoms with Crippen LogP contribution in [0.2, 0.25) is 0 Å². The Labute approximate surface area is 146 Å². The first-order valence-electron chi connectivity index (χ1n) is 8.80. The average Bonchev–Trinajstić information content (AvgIpc) is 3.06. The molecule has 1 aromatic carbocycles. The average molecular weight is 344 g/mol. The van der Waals surface area contributed by atoms with Gasteiger partial charge in [-0.1, -0.05) is 13.8 Å². The quantitative estimate of drug-likeness (QED) is 0.613. The van der Waals surface area contributed by atoms with E-state index in [2.05, 4.69) is 0 Å². The van der Waals surface area contributed by atoms with E-state index >= 15 is 0 Å². The third-order valence-electron chi connectivity index (χ3n) is 4.53. The van der Waals surface area contributed by atoms with Crippen molar-refractivity contribution >= 4 is 16.9 Å². The Balaban J connectivity index is 1.88. The van der Waals surface area contributed by atoms with Crippen molar-refractivity contribution in [3.05, 3.63) is 39.2 Å². The Bertz CT molecular complexity index is 862. The first-order chi connectivity index (χ1) is 11.9. The zero-order valence-electron chi connectivity index (χ0n) is 15.2. The molecule has 0 N–H and O–H groups in total. The molecular formula is C20H24O5. The van der Waals surface area contributed by atoms with E-state index < -0.39 is 12.1 Å². The van der Waals surface area contributed by atoms with Gasteiger partial charge in [-0.2, -0.15) is 0 Å². The molecule has 5 heteroatoms. The molecule has 1 aliphatic carbocycles. The summed E-state index contributed by atoms with van der Waals surface area (Å²) in [5.74, 6) is 0.404. The summed E-state index contributed by atoms with van der Waals surface area (Å²) in [6.07, 6.45) is 1.93. The van der Waals surface area contributed by atoms with Crippen LogP contribution in [0.3, 0.4) is 0 Å². The van der Waals surface area contributed by atoms with E-state index in [1.807, 2.05) is 32.9 Å². The Hall–Kier alpha value is -2.30. The van der Waals surface area contributed by atoms with Crippen molar-refractivity contribution in [3.63, 3.8) is 0 Å². The Morgan fingerprint density at radius 3 is 2.64 bits per heavy atom. The maximum absolute atomic E-state index is 12.2. The molecule has 0 aliphatic heterocycles. The van der Waals surface area contributed by atoms with Crippen LogP contribution in [-0.4, -0.2) is 18.7 Å². The molecule has 0 unspecified atom stereocenters. The van der Waals surface area contributed by atoms with Crippen molar-refractivity contribution in [3.8, 4) is 5.75 Å². The molecule has 5 nitrogen and oxygen atoms in total. The summed E-state index contributed by atoms with van der Waals surface area (Å²) in [5.41, 5.74) is 2.90. The smallest absolute Gasteiger partial charge is 0.347 e. The summed E-state index contributed by atoms with van der Waals surface area (Å²) in [6.45, 7) is 7.82. The van der Waals surface area contributed by atoms with Crippen molar-refractivity contribution in [2.45, 2.75) is 53.1 Å². The third-order valence-corrected chi connectivity index (χ3v) is 4.53. The second-order valence-electron chi connectivity index (χ2n) is 7.05. The number of carbonyl (C=O) groups excluding carboxylic acids is 1. The highest BCUT2D eigenvalue weighted by Crippen LogP contribution is 2.33. The predicted molar refractivity (Wildman–Crippen MR) is 95.1 cm³/mol. The van der Waals surface area contributed by atoms with E-state index in [1.54, 1.807) is 6.92 Å². The minimum Gasteiger partial charge on any atom is -0.479 e.